The van der Waals surface area contributed by atoms with Crippen molar-refractivity contribution >= 4 is 33.6 Å². The molecule has 0 bridgehead atoms. The summed E-state index contributed by atoms with van der Waals surface area (Å²) >= 11 is 3.38. The van der Waals surface area contributed by atoms with E-state index in [1.54, 1.807) is 23.4 Å². The molecule has 0 unspecified atom stereocenters. The van der Waals surface area contributed by atoms with Gasteiger partial charge in [-0.1, -0.05) is 6.07 Å². The molecule has 0 radical (unpaired) electrons. The van der Waals surface area contributed by atoms with Gasteiger partial charge in [0.15, 0.2) is 0 Å². The minimum absolute atomic E-state index is 0.109. The highest BCUT2D eigenvalue weighted by Crippen LogP contribution is 2.16. The van der Waals surface area contributed by atoms with Crippen LogP contribution in [-0.4, -0.2) is 47.1 Å². The largest absolute Gasteiger partial charge is 0.353 e. The van der Waals surface area contributed by atoms with Crippen molar-refractivity contribution in [2.45, 2.75) is 0 Å². The Hall–Kier alpha value is -2.15. The second-order valence-electron chi connectivity index (χ2n) is 4.95. The normalized spacial score (nSPS) is 14.8. The molecule has 7 heteroatoms. The Kier molecular flexibility index (Phi) is 4.53. The molecule has 1 aliphatic heterocycles. The monoisotopic (exact) mass is 361 g/mol. The van der Waals surface area contributed by atoms with Crippen molar-refractivity contribution in [1.82, 2.24) is 14.9 Å². The number of carbonyl (C=O) groups is 1. The quantitative estimate of drug-likeness (QED) is 0.892. The highest BCUT2D eigenvalue weighted by molar-refractivity contribution is 9.10. The van der Waals surface area contributed by atoms with Gasteiger partial charge >= 0.3 is 6.03 Å². The molecule has 2 amide bonds. The third-order valence-electron chi connectivity index (χ3n) is 3.50. The second-order valence-corrected chi connectivity index (χ2v) is 5.87. The maximum Gasteiger partial charge on any atom is 0.323 e. The van der Waals surface area contributed by atoms with Gasteiger partial charge in [-0.15, -0.1) is 0 Å². The number of hydrogen-bond acceptors (Lipinski definition) is 4. The van der Waals surface area contributed by atoms with Crippen molar-refractivity contribution in [3.63, 3.8) is 0 Å². The van der Waals surface area contributed by atoms with Gasteiger partial charge in [0.2, 0.25) is 0 Å². The molecule has 22 heavy (non-hydrogen) atoms. The molecule has 3 rings (SSSR count). The lowest BCUT2D eigenvalue weighted by Crippen LogP contribution is -2.50. The van der Waals surface area contributed by atoms with E-state index in [1.807, 2.05) is 24.3 Å². The van der Waals surface area contributed by atoms with Gasteiger partial charge in [0, 0.05) is 43.0 Å². The van der Waals surface area contributed by atoms with Crippen molar-refractivity contribution in [2.24, 2.45) is 0 Å². The fourth-order valence-electron chi connectivity index (χ4n) is 2.32. The Morgan fingerprint density at radius 2 is 1.91 bits per heavy atom. The van der Waals surface area contributed by atoms with E-state index in [-0.39, 0.29) is 6.03 Å². The number of anilines is 2. The number of halogens is 1. The van der Waals surface area contributed by atoms with Crippen LogP contribution >= 0.6 is 15.9 Å². The summed E-state index contributed by atoms with van der Waals surface area (Å²) in [5.74, 6) is 1.51. The maximum atomic E-state index is 12.2. The van der Waals surface area contributed by atoms with Gasteiger partial charge in [-0.05, 0) is 40.2 Å². The molecule has 2 aromatic rings. The summed E-state index contributed by atoms with van der Waals surface area (Å²) in [6, 6.07) is 9.29. The molecule has 3 heterocycles. The van der Waals surface area contributed by atoms with Crippen LogP contribution in [0.3, 0.4) is 0 Å². The van der Waals surface area contributed by atoms with E-state index < -0.39 is 0 Å². The molecule has 0 spiro atoms. The van der Waals surface area contributed by atoms with Crippen LogP contribution in [0, 0.1) is 0 Å². The Morgan fingerprint density at radius 1 is 1.09 bits per heavy atom. The predicted molar refractivity (Wildman–Crippen MR) is 89.0 cm³/mol. The summed E-state index contributed by atoms with van der Waals surface area (Å²) in [6.07, 6.45) is 3.45. The zero-order valence-electron chi connectivity index (χ0n) is 11.9. The molecule has 1 fully saturated rings. The zero-order valence-corrected chi connectivity index (χ0v) is 13.5. The highest BCUT2D eigenvalue weighted by Gasteiger charge is 2.22. The standard InChI is InChI=1S/C15H16BrN5O/c16-12-4-5-14(18-11-12)20-7-9-21(10-8-20)15(22)19-13-3-1-2-6-17-13/h1-6,11H,7-10H2,(H,17,19,22). The van der Waals surface area contributed by atoms with Crippen LogP contribution in [-0.2, 0) is 0 Å². The summed E-state index contributed by atoms with van der Waals surface area (Å²) in [5.41, 5.74) is 0. The molecule has 2 aromatic heterocycles. The van der Waals surface area contributed by atoms with Crippen LogP contribution < -0.4 is 10.2 Å². The van der Waals surface area contributed by atoms with Crippen LogP contribution in [0.4, 0.5) is 16.4 Å². The van der Waals surface area contributed by atoms with Crippen molar-refractivity contribution in [3.05, 3.63) is 47.2 Å². The van der Waals surface area contributed by atoms with Crippen LogP contribution in [0.15, 0.2) is 47.2 Å². The third kappa shape index (κ3) is 3.54. The number of carbonyl (C=O) groups excluding carboxylic acids is 1. The summed E-state index contributed by atoms with van der Waals surface area (Å²) in [4.78, 5) is 24.7. The fraction of sp³-hybridized carbons (Fsp3) is 0.267. The summed E-state index contributed by atoms with van der Waals surface area (Å²) < 4.78 is 0.963. The Labute approximate surface area is 137 Å². The van der Waals surface area contributed by atoms with Gasteiger partial charge in [0.1, 0.15) is 11.6 Å². The number of nitrogens with zero attached hydrogens (tertiary/aromatic N) is 4. The number of aromatic nitrogens is 2. The average molecular weight is 362 g/mol. The molecule has 0 atom stereocenters. The van der Waals surface area contributed by atoms with Crippen LogP contribution in [0.1, 0.15) is 0 Å². The molecule has 0 aromatic carbocycles. The van der Waals surface area contributed by atoms with Crippen molar-refractivity contribution in [1.29, 1.82) is 0 Å². The highest BCUT2D eigenvalue weighted by atomic mass is 79.9. The van der Waals surface area contributed by atoms with Gasteiger partial charge in [-0.3, -0.25) is 5.32 Å². The minimum Gasteiger partial charge on any atom is -0.353 e. The van der Waals surface area contributed by atoms with Gasteiger partial charge in [-0.25, -0.2) is 14.8 Å². The molecule has 1 saturated heterocycles. The average Bonchev–Trinajstić information content (AvgIpc) is 2.57. The number of amides is 2. The zero-order chi connectivity index (χ0) is 15.4. The fourth-order valence-corrected chi connectivity index (χ4v) is 2.55. The first kappa shape index (κ1) is 14.8. The van der Waals surface area contributed by atoms with Gasteiger partial charge in [0.05, 0.1) is 0 Å². The first-order valence-corrected chi connectivity index (χ1v) is 7.85. The molecule has 0 saturated carbocycles. The Morgan fingerprint density at radius 3 is 2.55 bits per heavy atom. The lowest BCUT2D eigenvalue weighted by molar-refractivity contribution is 0.208. The Bertz CT molecular complexity index is 626. The second kappa shape index (κ2) is 6.74. The van der Waals surface area contributed by atoms with Gasteiger partial charge in [0.25, 0.3) is 0 Å². The smallest absolute Gasteiger partial charge is 0.323 e. The van der Waals surface area contributed by atoms with Crippen molar-refractivity contribution < 1.29 is 4.79 Å². The summed E-state index contributed by atoms with van der Waals surface area (Å²) in [7, 11) is 0. The number of hydrogen-bond donors (Lipinski definition) is 1. The lowest BCUT2D eigenvalue weighted by atomic mass is 10.3. The lowest BCUT2D eigenvalue weighted by Gasteiger charge is -2.35. The first-order valence-electron chi connectivity index (χ1n) is 7.06. The van der Waals surface area contributed by atoms with Crippen molar-refractivity contribution in [3.8, 4) is 0 Å². The van der Waals surface area contributed by atoms with E-state index in [4.69, 9.17) is 0 Å². The molecule has 114 valence electrons. The van der Waals surface area contributed by atoms with E-state index in [0.29, 0.717) is 18.9 Å². The predicted octanol–water partition coefficient (Wildman–Crippen LogP) is 2.59. The molecular weight excluding hydrogens is 346 g/mol. The SMILES string of the molecule is O=C(Nc1ccccn1)N1CCN(c2ccc(Br)cn2)CC1. The van der Waals surface area contributed by atoms with Crippen LogP contribution in [0.2, 0.25) is 0 Å². The number of piperazine rings is 1. The topological polar surface area (TPSA) is 61.4 Å². The van der Waals surface area contributed by atoms with Crippen molar-refractivity contribution in [2.75, 3.05) is 36.4 Å². The summed E-state index contributed by atoms with van der Waals surface area (Å²) in [6.45, 7) is 2.86. The van der Waals surface area contributed by atoms with Gasteiger partial charge < -0.3 is 9.80 Å². The van der Waals surface area contributed by atoms with E-state index in [2.05, 4.69) is 36.1 Å². The van der Waals surface area contributed by atoms with Gasteiger partial charge in [-0.2, -0.15) is 0 Å². The Balaban J connectivity index is 1.55. The van der Waals surface area contributed by atoms with Crippen LogP contribution in [0.25, 0.3) is 0 Å². The van der Waals surface area contributed by atoms with E-state index in [0.717, 1.165) is 23.4 Å². The number of rotatable bonds is 2. The maximum absolute atomic E-state index is 12.2. The van der Waals surface area contributed by atoms with E-state index >= 15 is 0 Å². The number of urea groups is 1. The third-order valence-corrected chi connectivity index (χ3v) is 3.97. The molecule has 1 aliphatic rings. The molecule has 1 N–H and O–H groups in total. The molecule has 6 nitrogen and oxygen atoms in total. The number of nitrogens with one attached hydrogen (secondary N) is 1. The summed E-state index contributed by atoms with van der Waals surface area (Å²) in [5, 5.41) is 2.81. The van der Waals surface area contributed by atoms with E-state index in [1.165, 1.54) is 0 Å². The first-order chi connectivity index (χ1) is 10.7. The molecule has 0 aliphatic carbocycles. The van der Waals surface area contributed by atoms with E-state index in [9.17, 15) is 4.79 Å². The number of pyridine rings is 2. The minimum atomic E-state index is -0.109. The van der Waals surface area contributed by atoms with Crippen LogP contribution in [0.5, 0.6) is 0 Å². The molecular formula is C15H16BrN5O.